The standard InChI is InChI=1S/C22H23F3N6O2/c1-30(2)18-4-3-13(9-15(18)23)16-10-17-19(27-6-5-26-17)21(29-16)28-11-14-12-31(7-8-33-14)22(32)20(24)25/h3-6,9-10,14,20H,7-8,11-12H2,1-2H3,(H,28,29)/t14-/m1/s1. The highest BCUT2D eigenvalue weighted by Gasteiger charge is 2.29. The third kappa shape index (κ3) is 4.98. The summed E-state index contributed by atoms with van der Waals surface area (Å²) < 4.78 is 45.7. The minimum absolute atomic E-state index is 0.0384. The van der Waals surface area contributed by atoms with Crippen molar-refractivity contribution in [3.05, 3.63) is 42.5 Å². The molecule has 0 radical (unpaired) electrons. The lowest BCUT2D eigenvalue weighted by Crippen LogP contribution is -2.49. The first-order valence-corrected chi connectivity index (χ1v) is 10.3. The summed E-state index contributed by atoms with van der Waals surface area (Å²) in [6.07, 6.45) is -0.478. The first-order valence-electron chi connectivity index (χ1n) is 10.3. The van der Waals surface area contributed by atoms with Gasteiger partial charge in [-0.3, -0.25) is 9.78 Å². The van der Waals surface area contributed by atoms with Gasteiger partial charge < -0.3 is 19.9 Å². The van der Waals surface area contributed by atoms with Crippen molar-refractivity contribution in [2.24, 2.45) is 0 Å². The van der Waals surface area contributed by atoms with Crippen LogP contribution in [0.15, 0.2) is 36.7 Å². The molecule has 0 saturated carbocycles. The highest BCUT2D eigenvalue weighted by Crippen LogP contribution is 2.28. The van der Waals surface area contributed by atoms with Crippen LogP contribution >= 0.6 is 0 Å². The van der Waals surface area contributed by atoms with Crippen LogP contribution in [0.25, 0.3) is 22.3 Å². The van der Waals surface area contributed by atoms with E-state index in [4.69, 9.17) is 4.74 Å². The average Bonchev–Trinajstić information content (AvgIpc) is 2.81. The van der Waals surface area contributed by atoms with Crippen LogP contribution < -0.4 is 10.2 Å². The number of carbonyl (C=O) groups is 1. The molecule has 3 aromatic rings. The van der Waals surface area contributed by atoms with Crippen molar-refractivity contribution in [3.8, 4) is 11.3 Å². The van der Waals surface area contributed by atoms with E-state index in [0.29, 0.717) is 33.8 Å². The van der Waals surface area contributed by atoms with Gasteiger partial charge in [-0.05, 0) is 18.2 Å². The maximum atomic E-state index is 14.5. The van der Waals surface area contributed by atoms with Gasteiger partial charge >= 0.3 is 6.43 Å². The fourth-order valence-electron chi connectivity index (χ4n) is 3.66. The molecule has 3 heterocycles. The zero-order valence-electron chi connectivity index (χ0n) is 18.1. The van der Waals surface area contributed by atoms with E-state index in [0.717, 1.165) is 4.90 Å². The number of aromatic nitrogens is 3. The van der Waals surface area contributed by atoms with Gasteiger partial charge in [0.05, 0.1) is 29.6 Å². The molecule has 0 bridgehead atoms. The van der Waals surface area contributed by atoms with Crippen molar-refractivity contribution in [1.82, 2.24) is 19.9 Å². The second kappa shape index (κ2) is 9.57. The number of hydrogen-bond acceptors (Lipinski definition) is 7. The van der Waals surface area contributed by atoms with E-state index in [1.807, 2.05) is 0 Å². The first kappa shape index (κ1) is 22.7. The molecule has 4 rings (SSSR count). The van der Waals surface area contributed by atoms with Crippen LogP contribution in [0.5, 0.6) is 0 Å². The van der Waals surface area contributed by atoms with Gasteiger partial charge in [-0.15, -0.1) is 0 Å². The predicted molar refractivity (Wildman–Crippen MR) is 118 cm³/mol. The Labute approximate surface area is 188 Å². The molecule has 174 valence electrons. The summed E-state index contributed by atoms with van der Waals surface area (Å²) in [5.41, 5.74) is 2.57. The normalized spacial score (nSPS) is 16.3. The number of hydrogen-bond donors (Lipinski definition) is 1. The van der Waals surface area contributed by atoms with Gasteiger partial charge in [-0.2, -0.15) is 8.78 Å². The minimum Gasteiger partial charge on any atom is -0.375 e. The lowest BCUT2D eigenvalue weighted by molar-refractivity contribution is -0.149. The molecule has 11 heteroatoms. The van der Waals surface area contributed by atoms with Gasteiger partial charge in [-0.25, -0.2) is 14.4 Å². The van der Waals surface area contributed by atoms with Crippen molar-refractivity contribution in [3.63, 3.8) is 0 Å². The number of carbonyl (C=O) groups excluding carboxylic acids is 1. The Morgan fingerprint density at radius 2 is 2.06 bits per heavy atom. The van der Waals surface area contributed by atoms with Crippen molar-refractivity contribution in [1.29, 1.82) is 0 Å². The Bertz CT molecular complexity index is 1160. The van der Waals surface area contributed by atoms with Crippen molar-refractivity contribution in [2.45, 2.75) is 12.5 Å². The molecule has 8 nitrogen and oxygen atoms in total. The fourth-order valence-corrected chi connectivity index (χ4v) is 3.66. The number of benzene rings is 1. The lowest BCUT2D eigenvalue weighted by atomic mass is 10.1. The number of rotatable bonds is 6. The molecule has 33 heavy (non-hydrogen) atoms. The summed E-state index contributed by atoms with van der Waals surface area (Å²) in [5.74, 6) is -1.19. The summed E-state index contributed by atoms with van der Waals surface area (Å²) in [7, 11) is 3.51. The predicted octanol–water partition coefficient (Wildman–Crippen LogP) is 2.80. The van der Waals surface area contributed by atoms with Gasteiger partial charge in [0, 0.05) is 51.7 Å². The Morgan fingerprint density at radius 1 is 1.27 bits per heavy atom. The summed E-state index contributed by atoms with van der Waals surface area (Å²) in [6, 6.07) is 6.56. The molecule has 1 aliphatic heterocycles. The fraction of sp³-hybridized carbons (Fsp3) is 0.364. The number of ether oxygens (including phenoxy) is 1. The van der Waals surface area contributed by atoms with E-state index in [1.54, 1.807) is 43.4 Å². The number of alkyl halides is 2. The van der Waals surface area contributed by atoms with Crippen LogP contribution in [0.2, 0.25) is 0 Å². The molecule has 1 fully saturated rings. The third-order valence-corrected chi connectivity index (χ3v) is 5.32. The molecule has 2 aromatic heterocycles. The number of halogens is 3. The molecule has 0 spiro atoms. The van der Waals surface area contributed by atoms with Gasteiger partial charge in [0.2, 0.25) is 0 Å². The molecule has 0 aliphatic carbocycles. The highest BCUT2D eigenvalue weighted by molar-refractivity contribution is 5.88. The first-order chi connectivity index (χ1) is 15.8. The monoisotopic (exact) mass is 460 g/mol. The Hall–Kier alpha value is -3.47. The smallest absolute Gasteiger partial charge is 0.315 e. The molecule has 1 aromatic carbocycles. The number of anilines is 2. The summed E-state index contributed by atoms with van der Waals surface area (Å²) in [5, 5.41) is 3.13. The van der Waals surface area contributed by atoms with Crippen LogP contribution in [0.1, 0.15) is 0 Å². The lowest BCUT2D eigenvalue weighted by Gasteiger charge is -2.32. The number of nitrogens with one attached hydrogen (secondary N) is 1. The topological polar surface area (TPSA) is 83.5 Å². The van der Waals surface area contributed by atoms with Gasteiger partial charge in [-0.1, -0.05) is 6.07 Å². The van der Waals surface area contributed by atoms with E-state index in [9.17, 15) is 18.0 Å². The largest absolute Gasteiger partial charge is 0.375 e. The van der Waals surface area contributed by atoms with E-state index in [-0.39, 0.29) is 32.1 Å². The minimum atomic E-state index is -3.05. The molecule has 0 unspecified atom stereocenters. The average molecular weight is 460 g/mol. The molecule has 1 amide bonds. The number of morpholine rings is 1. The second-order valence-corrected chi connectivity index (χ2v) is 7.80. The molecule has 1 atom stereocenters. The Morgan fingerprint density at radius 3 is 2.79 bits per heavy atom. The zero-order valence-corrected chi connectivity index (χ0v) is 18.1. The number of amides is 1. The van der Waals surface area contributed by atoms with Crippen LogP contribution in [0.3, 0.4) is 0 Å². The number of pyridine rings is 1. The van der Waals surface area contributed by atoms with Crippen LogP contribution in [0.4, 0.5) is 24.7 Å². The van der Waals surface area contributed by atoms with E-state index < -0.39 is 18.4 Å². The van der Waals surface area contributed by atoms with Crippen molar-refractivity contribution < 1.29 is 22.7 Å². The van der Waals surface area contributed by atoms with Crippen LogP contribution in [0, 0.1) is 5.82 Å². The maximum Gasteiger partial charge on any atom is 0.315 e. The molecular weight excluding hydrogens is 437 g/mol. The van der Waals surface area contributed by atoms with Gasteiger partial charge in [0.1, 0.15) is 11.3 Å². The molecule has 1 aliphatic rings. The quantitative estimate of drug-likeness (QED) is 0.606. The van der Waals surface area contributed by atoms with E-state index >= 15 is 0 Å². The molecule has 1 N–H and O–H groups in total. The molecule has 1 saturated heterocycles. The maximum absolute atomic E-state index is 14.5. The summed E-state index contributed by atoms with van der Waals surface area (Å²) in [4.78, 5) is 27.7. The number of nitrogens with zero attached hydrogens (tertiary/aromatic N) is 5. The Balaban J connectivity index is 1.59. The summed E-state index contributed by atoms with van der Waals surface area (Å²) >= 11 is 0. The number of fused-ring (bicyclic) bond motifs is 1. The zero-order chi connectivity index (χ0) is 23.5. The SMILES string of the molecule is CN(C)c1ccc(-c2cc3nccnc3c(NC[C@@H]3CN(C(=O)C(F)F)CCO3)n2)cc1F. The van der Waals surface area contributed by atoms with Crippen LogP contribution in [-0.4, -0.2) is 78.6 Å². The van der Waals surface area contributed by atoms with Crippen molar-refractivity contribution >= 4 is 28.4 Å². The van der Waals surface area contributed by atoms with Gasteiger partial charge in [0.15, 0.2) is 5.82 Å². The summed E-state index contributed by atoms with van der Waals surface area (Å²) in [6.45, 7) is 0.534. The second-order valence-electron chi connectivity index (χ2n) is 7.80. The van der Waals surface area contributed by atoms with Crippen molar-refractivity contribution in [2.75, 3.05) is 50.6 Å². The third-order valence-electron chi connectivity index (χ3n) is 5.32. The van der Waals surface area contributed by atoms with E-state index in [2.05, 4.69) is 20.3 Å². The Kier molecular flexibility index (Phi) is 6.59. The van der Waals surface area contributed by atoms with E-state index in [1.165, 1.54) is 12.3 Å². The highest BCUT2D eigenvalue weighted by atomic mass is 19.3. The van der Waals surface area contributed by atoms with Crippen LogP contribution in [-0.2, 0) is 9.53 Å². The molecular formula is C22H23F3N6O2. The van der Waals surface area contributed by atoms with Gasteiger partial charge in [0.25, 0.3) is 5.91 Å².